The van der Waals surface area contributed by atoms with Gasteiger partial charge in [-0.2, -0.15) is 0 Å². The summed E-state index contributed by atoms with van der Waals surface area (Å²) in [6.07, 6.45) is 4.55. The third-order valence-electron chi connectivity index (χ3n) is 3.20. The number of amides is 1. The van der Waals surface area contributed by atoms with Gasteiger partial charge < -0.3 is 5.32 Å². The van der Waals surface area contributed by atoms with Gasteiger partial charge in [-0.15, -0.1) is 11.3 Å². The number of nitrogens with zero attached hydrogens (tertiary/aromatic N) is 2. The number of anilines is 1. The van der Waals surface area contributed by atoms with Crippen LogP contribution in [-0.2, 0) is 11.2 Å². The van der Waals surface area contributed by atoms with Crippen molar-refractivity contribution in [2.45, 2.75) is 12.8 Å². The largest absolute Gasteiger partial charge is 0.326 e. The summed E-state index contributed by atoms with van der Waals surface area (Å²) in [5, 5.41) is 5.86. The van der Waals surface area contributed by atoms with Crippen LogP contribution < -0.4 is 5.32 Å². The highest BCUT2D eigenvalue weighted by atomic mass is 79.9. The first-order valence-electron chi connectivity index (χ1n) is 7.11. The van der Waals surface area contributed by atoms with Crippen molar-refractivity contribution in [1.82, 2.24) is 9.97 Å². The molecule has 0 aliphatic heterocycles. The molecule has 116 valence electrons. The monoisotopic (exact) mass is 387 g/mol. The molecule has 0 saturated heterocycles. The maximum absolute atomic E-state index is 12.0. The summed E-state index contributed by atoms with van der Waals surface area (Å²) in [5.41, 5.74) is 2.77. The van der Waals surface area contributed by atoms with Crippen LogP contribution >= 0.6 is 27.3 Å². The maximum atomic E-state index is 12.0. The lowest BCUT2D eigenvalue weighted by atomic mass is 10.2. The number of pyridine rings is 1. The van der Waals surface area contributed by atoms with E-state index in [2.05, 4.69) is 31.2 Å². The zero-order valence-corrected chi connectivity index (χ0v) is 14.6. The van der Waals surface area contributed by atoms with Crippen LogP contribution in [0.3, 0.4) is 0 Å². The van der Waals surface area contributed by atoms with E-state index in [1.54, 1.807) is 23.7 Å². The van der Waals surface area contributed by atoms with Crippen LogP contribution in [0.5, 0.6) is 0 Å². The lowest BCUT2D eigenvalue weighted by Gasteiger charge is -2.04. The highest BCUT2D eigenvalue weighted by molar-refractivity contribution is 9.10. The van der Waals surface area contributed by atoms with Crippen molar-refractivity contribution in [3.63, 3.8) is 0 Å². The smallest absolute Gasteiger partial charge is 0.224 e. The Kier molecular flexibility index (Phi) is 5.15. The van der Waals surface area contributed by atoms with E-state index in [0.717, 1.165) is 26.4 Å². The van der Waals surface area contributed by atoms with Gasteiger partial charge in [0.2, 0.25) is 5.91 Å². The molecule has 0 aliphatic carbocycles. The molecule has 1 aromatic carbocycles. The molecule has 0 aliphatic rings. The molecule has 3 rings (SSSR count). The molecular formula is C17H14BrN3OS. The van der Waals surface area contributed by atoms with Gasteiger partial charge in [0.25, 0.3) is 0 Å². The SMILES string of the molecule is O=C(CCc1nc(-c2ccncc2)cs1)Nc1cccc(Br)c1. The van der Waals surface area contributed by atoms with Gasteiger partial charge in [-0.3, -0.25) is 9.78 Å². The summed E-state index contributed by atoms with van der Waals surface area (Å²) in [6, 6.07) is 11.4. The number of halogens is 1. The number of aromatic nitrogens is 2. The molecule has 2 heterocycles. The predicted octanol–water partition coefficient (Wildman–Crippen LogP) is 4.54. The summed E-state index contributed by atoms with van der Waals surface area (Å²) in [4.78, 5) is 20.6. The lowest BCUT2D eigenvalue weighted by Crippen LogP contribution is -2.12. The third-order valence-corrected chi connectivity index (χ3v) is 4.60. The molecule has 4 nitrogen and oxygen atoms in total. The second-order valence-electron chi connectivity index (χ2n) is 4.92. The van der Waals surface area contributed by atoms with E-state index in [1.165, 1.54) is 0 Å². The Morgan fingerprint density at radius 3 is 2.83 bits per heavy atom. The zero-order valence-electron chi connectivity index (χ0n) is 12.2. The molecule has 0 unspecified atom stereocenters. The Labute approximate surface area is 146 Å². The second kappa shape index (κ2) is 7.48. The first-order valence-corrected chi connectivity index (χ1v) is 8.78. The Morgan fingerprint density at radius 1 is 1.22 bits per heavy atom. The van der Waals surface area contributed by atoms with Crippen molar-refractivity contribution in [3.8, 4) is 11.3 Å². The molecule has 2 aromatic heterocycles. The van der Waals surface area contributed by atoms with Gasteiger partial charge in [-0.05, 0) is 30.3 Å². The summed E-state index contributed by atoms with van der Waals surface area (Å²) >= 11 is 4.96. The minimum atomic E-state index is -0.0104. The number of hydrogen-bond acceptors (Lipinski definition) is 4. The number of carbonyl (C=O) groups excluding carboxylic acids is 1. The van der Waals surface area contributed by atoms with Gasteiger partial charge in [-0.1, -0.05) is 22.0 Å². The predicted molar refractivity (Wildman–Crippen MR) is 96.4 cm³/mol. The lowest BCUT2D eigenvalue weighted by molar-refractivity contribution is -0.116. The van der Waals surface area contributed by atoms with Crippen LogP contribution in [-0.4, -0.2) is 15.9 Å². The molecule has 0 radical (unpaired) electrons. The molecule has 0 spiro atoms. The van der Waals surface area contributed by atoms with E-state index in [9.17, 15) is 4.79 Å². The number of nitrogens with one attached hydrogen (secondary N) is 1. The van der Waals surface area contributed by atoms with Gasteiger partial charge in [0.15, 0.2) is 0 Å². The highest BCUT2D eigenvalue weighted by Gasteiger charge is 2.08. The zero-order chi connectivity index (χ0) is 16.1. The number of carbonyl (C=O) groups is 1. The van der Waals surface area contributed by atoms with E-state index >= 15 is 0 Å². The normalized spacial score (nSPS) is 10.5. The summed E-state index contributed by atoms with van der Waals surface area (Å²) in [5.74, 6) is -0.0104. The van der Waals surface area contributed by atoms with Gasteiger partial charge in [-0.25, -0.2) is 4.98 Å². The average molecular weight is 388 g/mol. The molecule has 6 heteroatoms. The van der Waals surface area contributed by atoms with Crippen LogP contribution in [0.1, 0.15) is 11.4 Å². The van der Waals surface area contributed by atoms with Crippen LogP contribution in [0.25, 0.3) is 11.3 Å². The van der Waals surface area contributed by atoms with Crippen molar-refractivity contribution in [3.05, 3.63) is 63.7 Å². The van der Waals surface area contributed by atoms with Gasteiger partial charge in [0, 0.05) is 46.3 Å². The molecule has 3 aromatic rings. The molecule has 1 N–H and O–H groups in total. The van der Waals surface area contributed by atoms with E-state index < -0.39 is 0 Å². The number of aryl methyl sites for hydroxylation is 1. The maximum Gasteiger partial charge on any atom is 0.224 e. The number of benzene rings is 1. The summed E-state index contributed by atoms with van der Waals surface area (Å²) < 4.78 is 0.942. The first-order chi connectivity index (χ1) is 11.2. The molecule has 0 fully saturated rings. The van der Waals surface area contributed by atoms with Gasteiger partial charge in [0.05, 0.1) is 10.7 Å². The molecule has 0 atom stereocenters. The van der Waals surface area contributed by atoms with Crippen molar-refractivity contribution in [1.29, 1.82) is 0 Å². The summed E-state index contributed by atoms with van der Waals surface area (Å²) in [6.45, 7) is 0. The molecule has 1 amide bonds. The fraction of sp³-hybridized carbons (Fsp3) is 0.118. The van der Waals surface area contributed by atoms with E-state index in [-0.39, 0.29) is 5.91 Å². The number of rotatable bonds is 5. The van der Waals surface area contributed by atoms with Crippen LogP contribution in [0.4, 0.5) is 5.69 Å². The molecular weight excluding hydrogens is 374 g/mol. The average Bonchev–Trinajstić information content (AvgIpc) is 3.03. The van der Waals surface area contributed by atoms with Gasteiger partial charge >= 0.3 is 0 Å². The van der Waals surface area contributed by atoms with E-state index in [4.69, 9.17) is 0 Å². The van der Waals surface area contributed by atoms with Crippen molar-refractivity contribution in [2.24, 2.45) is 0 Å². The topological polar surface area (TPSA) is 54.9 Å². The Balaban J connectivity index is 1.56. The van der Waals surface area contributed by atoms with E-state index in [0.29, 0.717) is 12.8 Å². The van der Waals surface area contributed by atoms with Crippen LogP contribution in [0, 0.1) is 0 Å². The standard InChI is InChI=1S/C17H14BrN3OS/c18-13-2-1-3-14(10-13)20-16(22)4-5-17-21-15(11-23-17)12-6-8-19-9-7-12/h1-3,6-11H,4-5H2,(H,20,22). The number of hydrogen-bond donors (Lipinski definition) is 1. The fourth-order valence-corrected chi connectivity index (χ4v) is 3.30. The molecule has 0 saturated carbocycles. The van der Waals surface area contributed by atoms with Gasteiger partial charge in [0.1, 0.15) is 0 Å². The minimum absolute atomic E-state index is 0.0104. The third kappa shape index (κ3) is 4.46. The Morgan fingerprint density at radius 2 is 2.04 bits per heavy atom. The molecule has 0 bridgehead atoms. The summed E-state index contributed by atoms with van der Waals surface area (Å²) in [7, 11) is 0. The number of thiazole rings is 1. The van der Waals surface area contributed by atoms with E-state index in [1.807, 2.05) is 41.8 Å². The van der Waals surface area contributed by atoms with Crippen molar-refractivity contribution < 1.29 is 4.79 Å². The Hall–Kier alpha value is -2.05. The van der Waals surface area contributed by atoms with Crippen molar-refractivity contribution >= 4 is 38.9 Å². The van der Waals surface area contributed by atoms with Crippen molar-refractivity contribution in [2.75, 3.05) is 5.32 Å². The molecule has 23 heavy (non-hydrogen) atoms. The van der Waals surface area contributed by atoms with Crippen LogP contribution in [0.2, 0.25) is 0 Å². The fourth-order valence-electron chi connectivity index (χ4n) is 2.09. The quantitative estimate of drug-likeness (QED) is 0.698. The first kappa shape index (κ1) is 15.8. The Bertz CT molecular complexity index is 804. The van der Waals surface area contributed by atoms with Crippen LogP contribution in [0.15, 0.2) is 58.6 Å². The minimum Gasteiger partial charge on any atom is -0.326 e. The highest BCUT2D eigenvalue weighted by Crippen LogP contribution is 2.22. The second-order valence-corrected chi connectivity index (χ2v) is 6.78.